The predicted molar refractivity (Wildman–Crippen MR) is 94.9 cm³/mol. The highest BCUT2D eigenvalue weighted by Crippen LogP contribution is 2.50. The third kappa shape index (κ3) is 3.33. The number of halogens is 10. The summed E-state index contributed by atoms with van der Waals surface area (Å²) >= 11 is 0. The maximum absolute atomic E-state index is 14.8. The van der Waals surface area contributed by atoms with E-state index in [0.29, 0.717) is 6.07 Å². The van der Waals surface area contributed by atoms with Gasteiger partial charge in [0.05, 0.1) is 17.0 Å². The van der Waals surface area contributed by atoms with Crippen LogP contribution in [0.1, 0.15) is 0 Å². The summed E-state index contributed by atoms with van der Waals surface area (Å²) in [6.45, 7) is 0. The van der Waals surface area contributed by atoms with Crippen LogP contribution in [0.4, 0.5) is 43.9 Å². The van der Waals surface area contributed by atoms with Crippen molar-refractivity contribution in [1.82, 2.24) is 0 Å². The van der Waals surface area contributed by atoms with E-state index in [4.69, 9.17) is 0 Å². The van der Waals surface area contributed by atoms with E-state index in [0.717, 1.165) is 18.2 Å². The first kappa shape index (κ1) is 23.9. The van der Waals surface area contributed by atoms with E-state index in [1.54, 1.807) is 0 Å². The molecule has 1 aliphatic heterocycles. The Labute approximate surface area is 182 Å². The zero-order valence-corrected chi connectivity index (χ0v) is 16.0. The zero-order valence-electron chi connectivity index (χ0n) is 16.0. The minimum absolute atomic E-state index is 0.215. The first-order valence-corrected chi connectivity index (χ1v) is 8.91. The van der Waals surface area contributed by atoms with Crippen molar-refractivity contribution in [1.29, 1.82) is 0 Å². The third-order valence-corrected chi connectivity index (χ3v) is 4.86. The van der Waals surface area contributed by atoms with Crippen molar-refractivity contribution < 1.29 is 63.0 Å². The summed E-state index contributed by atoms with van der Waals surface area (Å²) in [6, 6.07) is -1.48. The standard InChI is InChI=1S/C19H7BF10O4/c21-9-3-1-2-7-6-8-11(12(22)10(7)9)13(23)14(24)15(25)16(8)33-20(31)34-19(30)18(28,29)17(26,27)4-5-32-19/h1-6,31H. The lowest BCUT2D eigenvalue weighted by Gasteiger charge is -2.37. The fourth-order valence-electron chi connectivity index (χ4n) is 3.24. The lowest BCUT2D eigenvalue weighted by molar-refractivity contribution is -0.409. The molecule has 1 atom stereocenters. The highest BCUT2D eigenvalue weighted by Gasteiger charge is 2.75. The van der Waals surface area contributed by atoms with E-state index >= 15 is 0 Å². The Kier molecular flexibility index (Phi) is 5.40. The molecule has 0 aromatic heterocycles. The molecule has 0 bridgehead atoms. The van der Waals surface area contributed by atoms with Crippen LogP contribution in [0.25, 0.3) is 21.5 Å². The Morgan fingerprint density at radius 1 is 0.853 bits per heavy atom. The first-order chi connectivity index (χ1) is 15.7. The smallest absolute Gasteiger partial charge is 0.509 e. The highest BCUT2D eigenvalue weighted by atomic mass is 19.3. The number of alkyl halides is 5. The minimum atomic E-state index is -5.76. The molecular formula is C19H7BF10O4. The molecule has 0 saturated heterocycles. The maximum Gasteiger partial charge on any atom is 0.715 e. The molecule has 3 aromatic carbocycles. The molecule has 0 aliphatic carbocycles. The van der Waals surface area contributed by atoms with Crippen LogP contribution in [0.5, 0.6) is 5.75 Å². The molecule has 4 rings (SSSR count). The van der Waals surface area contributed by atoms with Gasteiger partial charge in [-0.2, -0.15) is 26.3 Å². The van der Waals surface area contributed by atoms with Gasteiger partial charge in [-0.15, -0.1) is 0 Å². The van der Waals surface area contributed by atoms with Gasteiger partial charge in [-0.3, -0.25) is 0 Å². The second-order valence-corrected chi connectivity index (χ2v) is 6.92. The number of benzene rings is 3. The summed E-state index contributed by atoms with van der Waals surface area (Å²) in [4.78, 5) is 0. The second-order valence-electron chi connectivity index (χ2n) is 6.92. The quantitative estimate of drug-likeness (QED) is 0.223. The molecule has 15 heteroatoms. The number of ether oxygens (including phenoxy) is 1. The molecule has 0 saturated carbocycles. The number of hydrogen-bond donors (Lipinski definition) is 1. The molecule has 1 unspecified atom stereocenters. The fraction of sp³-hybridized carbons (Fsp3) is 0.158. The first-order valence-electron chi connectivity index (χ1n) is 8.91. The van der Waals surface area contributed by atoms with Crippen molar-refractivity contribution in [3.05, 3.63) is 65.7 Å². The molecular weight excluding hydrogens is 493 g/mol. The third-order valence-electron chi connectivity index (χ3n) is 4.86. The van der Waals surface area contributed by atoms with Crippen LogP contribution in [0.2, 0.25) is 0 Å². The highest BCUT2D eigenvalue weighted by molar-refractivity contribution is 6.36. The van der Waals surface area contributed by atoms with Crippen LogP contribution in [-0.4, -0.2) is 30.2 Å². The lowest BCUT2D eigenvalue weighted by atomic mass is 10.00. The summed E-state index contributed by atoms with van der Waals surface area (Å²) < 4.78 is 152. The molecule has 1 N–H and O–H groups in total. The molecule has 3 aromatic rings. The van der Waals surface area contributed by atoms with E-state index < -0.39 is 82.3 Å². The topological polar surface area (TPSA) is 47.9 Å². The van der Waals surface area contributed by atoms with Gasteiger partial charge in [0.25, 0.3) is 0 Å². The van der Waals surface area contributed by atoms with Gasteiger partial charge in [0, 0.05) is 11.5 Å². The van der Waals surface area contributed by atoms with E-state index in [-0.39, 0.29) is 11.6 Å². The van der Waals surface area contributed by atoms with Gasteiger partial charge in [0.1, 0.15) is 11.6 Å². The van der Waals surface area contributed by atoms with Gasteiger partial charge in [-0.1, -0.05) is 12.1 Å². The van der Waals surface area contributed by atoms with Crippen LogP contribution in [-0.2, 0) is 9.39 Å². The van der Waals surface area contributed by atoms with Crippen LogP contribution in [0, 0.1) is 29.1 Å². The Morgan fingerprint density at radius 3 is 2.21 bits per heavy atom. The number of rotatable bonds is 4. The predicted octanol–water partition coefficient (Wildman–Crippen LogP) is 5.50. The van der Waals surface area contributed by atoms with Gasteiger partial charge in [-0.05, 0) is 17.5 Å². The molecule has 0 amide bonds. The molecule has 34 heavy (non-hydrogen) atoms. The molecule has 4 nitrogen and oxygen atoms in total. The normalized spacial score (nSPS) is 21.0. The van der Waals surface area contributed by atoms with Gasteiger partial charge in [-0.25, -0.2) is 17.6 Å². The zero-order chi connectivity index (χ0) is 25.2. The van der Waals surface area contributed by atoms with Crippen molar-refractivity contribution in [2.75, 3.05) is 0 Å². The Balaban J connectivity index is 1.82. The minimum Gasteiger partial charge on any atom is -0.509 e. The van der Waals surface area contributed by atoms with Gasteiger partial charge < -0.3 is 19.1 Å². The largest absolute Gasteiger partial charge is 0.715 e. The maximum atomic E-state index is 14.8. The fourth-order valence-corrected chi connectivity index (χ4v) is 3.24. The SMILES string of the molecule is OB(Oc1c(F)c(F)c(F)c2c(F)c3c(F)cccc3cc12)OC1(F)OC=CC(F)(F)C1(F)F. The summed E-state index contributed by atoms with van der Waals surface area (Å²) in [5.41, 5.74) is 0. The molecule has 0 spiro atoms. The van der Waals surface area contributed by atoms with Gasteiger partial charge in [0.2, 0.25) is 5.82 Å². The molecule has 180 valence electrons. The van der Waals surface area contributed by atoms with Crippen LogP contribution in [0.15, 0.2) is 36.6 Å². The summed E-state index contributed by atoms with van der Waals surface area (Å²) in [5, 5.41) is 6.11. The van der Waals surface area contributed by atoms with Crippen molar-refractivity contribution in [2.45, 2.75) is 17.9 Å². The Morgan fingerprint density at radius 2 is 1.53 bits per heavy atom. The Hall–Kier alpha value is -3.20. The number of fused-ring (bicyclic) bond motifs is 2. The van der Waals surface area contributed by atoms with Crippen molar-refractivity contribution in [3.63, 3.8) is 0 Å². The van der Waals surface area contributed by atoms with E-state index in [1.807, 2.05) is 0 Å². The van der Waals surface area contributed by atoms with Gasteiger partial charge >= 0.3 is 25.2 Å². The average Bonchev–Trinajstić information content (AvgIpc) is 2.73. The van der Waals surface area contributed by atoms with E-state index in [9.17, 15) is 48.9 Å². The van der Waals surface area contributed by atoms with E-state index in [2.05, 4.69) is 14.0 Å². The summed E-state index contributed by atoms with van der Waals surface area (Å²) in [6.07, 6.45) is -0.731. The Bertz CT molecular complexity index is 1350. The van der Waals surface area contributed by atoms with Crippen LogP contribution < -0.4 is 4.65 Å². The van der Waals surface area contributed by atoms with Gasteiger partial charge in [0.15, 0.2) is 17.4 Å². The second kappa shape index (κ2) is 7.66. The molecule has 1 heterocycles. The summed E-state index contributed by atoms with van der Waals surface area (Å²) in [5.74, 6) is -22.3. The molecule has 1 aliphatic rings. The summed E-state index contributed by atoms with van der Waals surface area (Å²) in [7, 11) is -3.41. The molecule has 0 radical (unpaired) electrons. The van der Waals surface area contributed by atoms with E-state index in [1.165, 1.54) is 0 Å². The number of hydrogen-bond acceptors (Lipinski definition) is 4. The van der Waals surface area contributed by atoms with Crippen LogP contribution in [0.3, 0.4) is 0 Å². The van der Waals surface area contributed by atoms with Crippen molar-refractivity contribution >= 4 is 28.9 Å². The van der Waals surface area contributed by atoms with Crippen molar-refractivity contribution in [2.24, 2.45) is 0 Å². The van der Waals surface area contributed by atoms with Crippen LogP contribution >= 0.6 is 0 Å². The lowest BCUT2D eigenvalue weighted by Crippen LogP contribution is -2.62. The monoisotopic (exact) mass is 500 g/mol. The average molecular weight is 500 g/mol. The van der Waals surface area contributed by atoms with Crippen molar-refractivity contribution in [3.8, 4) is 5.75 Å². The molecule has 0 fully saturated rings. The number of allylic oxidation sites excluding steroid dienone is 1.